The van der Waals surface area contributed by atoms with Crippen LogP contribution in [-0.4, -0.2) is 24.6 Å². The van der Waals surface area contributed by atoms with Gasteiger partial charge >= 0.3 is 0 Å². The normalized spacial score (nSPS) is 10.1. The summed E-state index contributed by atoms with van der Waals surface area (Å²) in [5.74, 6) is 1.05. The van der Waals surface area contributed by atoms with Crippen molar-refractivity contribution >= 4 is 17.3 Å². The van der Waals surface area contributed by atoms with Gasteiger partial charge in [-0.25, -0.2) is 0 Å². The molecule has 1 amide bonds. The molecular formula is C16H19N3O3. The molecule has 0 saturated heterocycles. The van der Waals surface area contributed by atoms with Crippen LogP contribution in [0.1, 0.15) is 12.6 Å². The van der Waals surface area contributed by atoms with Crippen LogP contribution in [0.25, 0.3) is 0 Å². The molecule has 6 nitrogen and oxygen atoms in total. The van der Waals surface area contributed by atoms with Gasteiger partial charge < -0.3 is 20.5 Å². The van der Waals surface area contributed by atoms with Crippen LogP contribution in [0.15, 0.2) is 36.5 Å². The van der Waals surface area contributed by atoms with Crippen LogP contribution in [0.2, 0.25) is 0 Å². The number of nitrogens with zero attached hydrogens (tertiary/aromatic N) is 1. The molecule has 0 aliphatic carbocycles. The zero-order valence-corrected chi connectivity index (χ0v) is 12.6. The van der Waals surface area contributed by atoms with E-state index in [-0.39, 0.29) is 12.3 Å². The fraction of sp³-hybridized carbons (Fsp3) is 0.250. The Morgan fingerprint density at radius 1 is 1.27 bits per heavy atom. The second-order valence-corrected chi connectivity index (χ2v) is 4.61. The SMILES string of the molecule is CCOc1ccc(NC(=O)Cc2ccc(N)cn2)cc1OC. The number of hydrogen-bond acceptors (Lipinski definition) is 5. The maximum absolute atomic E-state index is 12.0. The van der Waals surface area contributed by atoms with E-state index in [4.69, 9.17) is 15.2 Å². The first-order valence-corrected chi connectivity index (χ1v) is 6.93. The topological polar surface area (TPSA) is 86.5 Å². The van der Waals surface area contributed by atoms with E-state index in [1.54, 1.807) is 37.4 Å². The summed E-state index contributed by atoms with van der Waals surface area (Å²) in [5, 5.41) is 2.80. The Morgan fingerprint density at radius 2 is 2.09 bits per heavy atom. The Labute approximate surface area is 129 Å². The minimum atomic E-state index is -0.163. The van der Waals surface area contributed by atoms with E-state index < -0.39 is 0 Å². The van der Waals surface area contributed by atoms with Gasteiger partial charge in [-0.1, -0.05) is 0 Å². The van der Waals surface area contributed by atoms with Gasteiger partial charge in [0.15, 0.2) is 11.5 Å². The van der Waals surface area contributed by atoms with E-state index in [9.17, 15) is 4.79 Å². The lowest BCUT2D eigenvalue weighted by Crippen LogP contribution is -2.15. The molecule has 0 unspecified atom stereocenters. The average Bonchev–Trinajstić information content (AvgIpc) is 2.51. The summed E-state index contributed by atoms with van der Waals surface area (Å²) in [5.41, 5.74) is 7.43. The molecule has 0 saturated carbocycles. The van der Waals surface area contributed by atoms with Gasteiger partial charge in [-0.2, -0.15) is 0 Å². The van der Waals surface area contributed by atoms with E-state index >= 15 is 0 Å². The molecule has 0 bridgehead atoms. The summed E-state index contributed by atoms with van der Waals surface area (Å²) in [6.45, 7) is 2.44. The van der Waals surface area contributed by atoms with Gasteiger partial charge in [-0.15, -0.1) is 0 Å². The van der Waals surface area contributed by atoms with Gasteiger partial charge in [-0.05, 0) is 31.2 Å². The Morgan fingerprint density at radius 3 is 2.73 bits per heavy atom. The Bertz CT molecular complexity index is 642. The molecule has 2 aromatic rings. The number of pyridine rings is 1. The van der Waals surface area contributed by atoms with E-state index in [0.29, 0.717) is 35.2 Å². The van der Waals surface area contributed by atoms with Crippen molar-refractivity contribution in [2.45, 2.75) is 13.3 Å². The third-order valence-electron chi connectivity index (χ3n) is 2.94. The number of nitrogen functional groups attached to an aromatic ring is 1. The predicted octanol–water partition coefficient (Wildman–Crippen LogP) is 2.25. The number of amides is 1. The fourth-order valence-electron chi connectivity index (χ4n) is 1.93. The molecular weight excluding hydrogens is 282 g/mol. The van der Waals surface area contributed by atoms with Gasteiger partial charge in [0.25, 0.3) is 0 Å². The largest absolute Gasteiger partial charge is 0.493 e. The summed E-state index contributed by atoms with van der Waals surface area (Å²) < 4.78 is 10.7. The third-order valence-corrected chi connectivity index (χ3v) is 2.94. The second kappa shape index (κ2) is 7.31. The van der Waals surface area contributed by atoms with Gasteiger partial charge in [0.05, 0.1) is 32.0 Å². The van der Waals surface area contributed by atoms with Gasteiger partial charge in [0, 0.05) is 17.4 Å². The fourth-order valence-corrected chi connectivity index (χ4v) is 1.93. The first-order chi connectivity index (χ1) is 10.6. The summed E-state index contributed by atoms with van der Waals surface area (Å²) in [6, 6.07) is 8.70. The molecule has 116 valence electrons. The van der Waals surface area contributed by atoms with Crippen LogP contribution in [0, 0.1) is 0 Å². The number of carbonyl (C=O) groups is 1. The maximum atomic E-state index is 12.0. The number of ether oxygens (including phenoxy) is 2. The number of methoxy groups -OCH3 is 1. The van der Waals surface area contributed by atoms with Crippen LogP contribution in [0.3, 0.4) is 0 Å². The number of nitrogens with one attached hydrogen (secondary N) is 1. The molecule has 3 N–H and O–H groups in total. The third kappa shape index (κ3) is 4.12. The average molecular weight is 301 g/mol. The van der Waals surface area contributed by atoms with Crippen molar-refractivity contribution < 1.29 is 14.3 Å². The van der Waals surface area contributed by atoms with Crippen LogP contribution in [-0.2, 0) is 11.2 Å². The highest BCUT2D eigenvalue weighted by molar-refractivity contribution is 5.92. The van der Waals surface area contributed by atoms with Crippen LogP contribution in [0.5, 0.6) is 11.5 Å². The lowest BCUT2D eigenvalue weighted by atomic mass is 10.2. The van der Waals surface area contributed by atoms with Crippen LogP contribution < -0.4 is 20.5 Å². The summed E-state index contributed by atoms with van der Waals surface area (Å²) in [4.78, 5) is 16.1. The summed E-state index contributed by atoms with van der Waals surface area (Å²) in [7, 11) is 1.56. The zero-order valence-electron chi connectivity index (χ0n) is 12.6. The van der Waals surface area contributed by atoms with Gasteiger partial charge in [0.2, 0.25) is 5.91 Å². The van der Waals surface area contributed by atoms with Gasteiger partial charge in [0.1, 0.15) is 0 Å². The number of benzene rings is 1. The van der Waals surface area contributed by atoms with E-state index in [2.05, 4.69) is 10.3 Å². The standard InChI is InChI=1S/C16H19N3O3/c1-3-22-14-7-6-13(8-15(14)21-2)19-16(20)9-12-5-4-11(17)10-18-12/h4-8,10H,3,9,17H2,1-2H3,(H,19,20). The lowest BCUT2D eigenvalue weighted by Gasteiger charge is -2.11. The highest BCUT2D eigenvalue weighted by atomic mass is 16.5. The molecule has 1 aromatic heterocycles. The first kappa shape index (κ1) is 15.6. The summed E-state index contributed by atoms with van der Waals surface area (Å²) in [6.07, 6.45) is 1.71. The van der Waals surface area contributed by atoms with Crippen molar-refractivity contribution in [1.29, 1.82) is 0 Å². The molecule has 1 heterocycles. The maximum Gasteiger partial charge on any atom is 0.230 e. The van der Waals surface area contributed by atoms with E-state index in [0.717, 1.165) is 0 Å². The molecule has 2 rings (SSSR count). The van der Waals surface area contributed by atoms with E-state index in [1.807, 2.05) is 6.92 Å². The van der Waals surface area contributed by atoms with Crippen LogP contribution in [0.4, 0.5) is 11.4 Å². The molecule has 0 atom stereocenters. The molecule has 0 radical (unpaired) electrons. The molecule has 0 aliphatic heterocycles. The van der Waals surface area contributed by atoms with Crippen molar-refractivity contribution in [3.8, 4) is 11.5 Å². The first-order valence-electron chi connectivity index (χ1n) is 6.93. The van der Waals surface area contributed by atoms with Crippen LogP contribution >= 0.6 is 0 Å². The highest BCUT2D eigenvalue weighted by Gasteiger charge is 2.09. The lowest BCUT2D eigenvalue weighted by molar-refractivity contribution is -0.115. The predicted molar refractivity (Wildman–Crippen MR) is 85.1 cm³/mol. The van der Waals surface area contributed by atoms with Crippen molar-refractivity contribution in [3.05, 3.63) is 42.2 Å². The van der Waals surface area contributed by atoms with Crippen molar-refractivity contribution in [1.82, 2.24) is 4.98 Å². The van der Waals surface area contributed by atoms with Crippen molar-refractivity contribution in [3.63, 3.8) is 0 Å². The smallest absolute Gasteiger partial charge is 0.230 e. The number of aromatic nitrogens is 1. The van der Waals surface area contributed by atoms with Crippen molar-refractivity contribution in [2.75, 3.05) is 24.8 Å². The number of anilines is 2. The number of hydrogen-bond donors (Lipinski definition) is 2. The Balaban J connectivity index is 2.03. The molecule has 22 heavy (non-hydrogen) atoms. The molecule has 0 aliphatic rings. The Hall–Kier alpha value is -2.76. The molecule has 6 heteroatoms. The monoisotopic (exact) mass is 301 g/mol. The number of nitrogens with two attached hydrogens (primary N) is 1. The Kier molecular flexibility index (Phi) is 5.19. The minimum Gasteiger partial charge on any atom is -0.493 e. The second-order valence-electron chi connectivity index (χ2n) is 4.61. The number of carbonyl (C=O) groups excluding carboxylic acids is 1. The van der Waals surface area contributed by atoms with E-state index in [1.165, 1.54) is 6.20 Å². The highest BCUT2D eigenvalue weighted by Crippen LogP contribution is 2.30. The summed E-state index contributed by atoms with van der Waals surface area (Å²) >= 11 is 0. The van der Waals surface area contributed by atoms with Crippen molar-refractivity contribution in [2.24, 2.45) is 0 Å². The molecule has 0 spiro atoms. The van der Waals surface area contributed by atoms with Gasteiger partial charge in [-0.3, -0.25) is 9.78 Å². The molecule has 0 fully saturated rings. The minimum absolute atomic E-state index is 0.163. The zero-order chi connectivity index (χ0) is 15.9. The number of rotatable bonds is 6. The quantitative estimate of drug-likeness (QED) is 0.854. The molecule has 1 aromatic carbocycles.